The second-order valence-corrected chi connectivity index (χ2v) is 4.92. The van der Waals surface area contributed by atoms with Gasteiger partial charge >= 0.3 is 0 Å². The highest BCUT2D eigenvalue weighted by Crippen LogP contribution is 2.10. The van der Waals surface area contributed by atoms with E-state index >= 15 is 0 Å². The van der Waals surface area contributed by atoms with Gasteiger partial charge in [-0.1, -0.05) is 12.1 Å². The quantitative estimate of drug-likeness (QED) is 0.666. The van der Waals surface area contributed by atoms with E-state index in [9.17, 15) is 9.59 Å². The minimum Gasteiger partial charge on any atom is -0.369 e. The van der Waals surface area contributed by atoms with Crippen LogP contribution in [0.2, 0.25) is 0 Å². The Kier molecular flexibility index (Phi) is 6.14. The number of hydrogen-bond donors (Lipinski definition) is 3. The number of amides is 2. The highest BCUT2D eigenvalue weighted by Gasteiger charge is 2.16. The molecular weight excluding hydrogens is 256 g/mol. The Morgan fingerprint density at radius 2 is 2.00 bits per heavy atom. The average Bonchev–Trinajstić information content (AvgIpc) is 2.37. The smallest absolute Gasteiger partial charge is 0.238 e. The number of nitrogens with zero attached hydrogens (tertiary/aromatic N) is 1. The normalized spacial score (nSPS) is 10.8. The summed E-state index contributed by atoms with van der Waals surface area (Å²) in [5.41, 5.74) is 12.4. The Labute approximate surface area is 119 Å². The molecule has 20 heavy (non-hydrogen) atoms. The fraction of sp³-hybridized carbons (Fsp3) is 0.429. The summed E-state index contributed by atoms with van der Waals surface area (Å²) in [7, 11) is 0. The second kappa shape index (κ2) is 7.62. The van der Waals surface area contributed by atoms with Crippen molar-refractivity contribution >= 4 is 17.5 Å². The van der Waals surface area contributed by atoms with Gasteiger partial charge in [-0.3, -0.25) is 14.5 Å². The third kappa shape index (κ3) is 5.38. The number of benzene rings is 1. The number of nitrogens with two attached hydrogens (primary N) is 2. The number of anilines is 1. The van der Waals surface area contributed by atoms with Crippen molar-refractivity contribution in [3.05, 3.63) is 29.8 Å². The van der Waals surface area contributed by atoms with Crippen molar-refractivity contribution in [2.45, 2.75) is 26.4 Å². The van der Waals surface area contributed by atoms with Crippen molar-refractivity contribution in [3.8, 4) is 0 Å². The van der Waals surface area contributed by atoms with E-state index in [2.05, 4.69) is 5.32 Å². The van der Waals surface area contributed by atoms with E-state index in [4.69, 9.17) is 11.5 Å². The molecule has 5 N–H and O–H groups in total. The first-order valence-electron chi connectivity index (χ1n) is 6.53. The van der Waals surface area contributed by atoms with Gasteiger partial charge in [0.2, 0.25) is 11.8 Å². The van der Waals surface area contributed by atoms with Crippen LogP contribution in [-0.2, 0) is 16.1 Å². The third-order valence-corrected chi connectivity index (χ3v) is 2.88. The summed E-state index contributed by atoms with van der Waals surface area (Å²) in [6.45, 7) is 4.42. The molecule has 1 aromatic carbocycles. The molecule has 0 heterocycles. The van der Waals surface area contributed by atoms with E-state index in [1.165, 1.54) is 0 Å². The van der Waals surface area contributed by atoms with Crippen LogP contribution in [-0.4, -0.2) is 35.8 Å². The maximum Gasteiger partial charge on any atom is 0.238 e. The van der Waals surface area contributed by atoms with E-state index in [1.54, 1.807) is 11.0 Å². The molecule has 0 atom stereocenters. The number of carbonyl (C=O) groups is 2. The topological polar surface area (TPSA) is 101 Å². The highest BCUT2D eigenvalue weighted by atomic mass is 16.2. The van der Waals surface area contributed by atoms with Gasteiger partial charge < -0.3 is 16.8 Å². The third-order valence-electron chi connectivity index (χ3n) is 2.88. The summed E-state index contributed by atoms with van der Waals surface area (Å²) < 4.78 is 0. The highest BCUT2D eigenvalue weighted by molar-refractivity contribution is 5.92. The monoisotopic (exact) mass is 278 g/mol. The van der Waals surface area contributed by atoms with E-state index in [0.29, 0.717) is 12.2 Å². The van der Waals surface area contributed by atoms with Crippen molar-refractivity contribution in [2.24, 2.45) is 11.5 Å². The van der Waals surface area contributed by atoms with E-state index in [0.717, 1.165) is 5.56 Å². The molecule has 0 saturated heterocycles. The Hall–Kier alpha value is -1.92. The van der Waals surface area contributed by atoms with Gasteiger partial charge in [0.25, 0.3) is 0 Å². The first-order chi connectivity index (χ1) is 9.42. The largest absolute Gasteiger partial charge is 0.369 e. The molecular formula is C14H22N4O2. The molecule has 0 spiro atoms. The average molecular weight is 278 g/mol. The van der Waals surface area contributed by atoms with Gasteiger partial charge in [0.05, 0.1) is 13.1 Å². The fourth-order valence-electron chi connectivity index (χ4n) is 1.78. The van der Waals surface area contributed by atoms with Crippen LogP contribution < -0.4 is 16.8 Å². The van der Waals surface area contributed by atoms with Crippen molar-refractivity contribution in [3.63, 3.8) is 0 Å². The van der Waals surface area contributed by atoms with Gasteiger partial charge in [0, 0.05) is 18.3 Å². The lowest BCUT2D eigenvalue weighted by molar-refractivity contribution is -0.121. The van der Waals surface area contributed by atoms with Crippen molar-refractivity contribution in [2.75, 3.05) is 18.4 Å². The summed E-state index contributed by atoms with van der Waals surface area (Å²) >= 11 is 0. The zero-order valence-electron chi connectivity index (χ0n) is 11.9. The molecule has 0 aliphatic rings. The number of nitrogens with one attached hydrogen (secondary N) is 1. The van der Waals surface area contributed by atoms with Gasteiger partial charge in [0.15, 0.2) is 0 Å². The second-order valence-electron chi connectivity index (χ2n) is 4.92. The Balaban J connectivity index is 2.62. The molecule has 0 aliphatic carbocycles. The van der Waals surface area contributed by atoms with Gasteiger partial charge in [0.1, 0.15) is 0 Å². The predicted molar refractivity (Wildman–Crippen MR) is 78.9 cm³/mol. The first-order valence-corrected chi connectivity index (χ1v) is 6.53. The minimum absolute atomic E-state index is 0.0589. The fourth-order valence-corrected chi connectivity index (χ4v) is 1.78. The molecule has 1 rings (SSSR count). The number of rotatable bonds is 7. The maximum absolute atomic E-state index is 12.0. The molecule has 0 aromatic heterocycles. The van der Waals surface area contributed by atoms with Crippen LogP contribution in [0.3, 0.4) is 0 Å². The van der Waals surface area contributed by atoms with Crippen molar-refractivity contribution in [1.29, 1.82) is 0 Å². The van der Waals surface area contributed by atoms with Gasteiger partial charge in [-0.2, -0.15) is 0 Å². The van der Waals surface area contributed by atoms with E-state index in [1.807, 2.05) is 32.0 Å². The molecule has 6 nitrogen and oxygen atoms in total. The zero-order chi connectivity index (χ0) is 15.1. The summed E-state index contributed by atoms with van der Waals surface area (Å²) in [4.78, 5) is 24.7. The Morgan fingerprint density at radius 3 is 2.55 bits per heavy atom. The summed E-state index contributed by atoms with van der Waals surface area (Å²) in [6, 6.07) is 7.41. The summed E-state index contributed by atoms with van der Waals surface area (Å²) in [5, 5.41) is 2.79. The molecule has 0 bridgehead atoms. The van der Waals surface area contributed by atoms with Crippen LogP contribution in [0.15, 0.2) is 24.3 Å². The lowest BCUT2D eigenvalue weighted by Gasteiger charge is -2.24. The lowest BCUT2D eigenvalue weighted by Crippen LogP contribution is -2.43. The molecule has 1 aromatic rings. The molecule has 0 aliphatic heterocycles. The predicted octanol–water partition coefficient (Wildman–Crippen LogP) is 0.280. The lowest BCUT2D eigenvalue weighted by atomic mass is 10.2. The van der Waals surface area contributed by atoms with Crippen molar-refractivity contribution < 1.29 is 9.59 Å². The van der Waals surface area contributed by atoms with Crippen molar-refractivity contribution in [1.82, 2.24) is 4.90 Å². The molecule has 0 radical (unpaired) electrons. The van der Waals surface area contributed by atoms with Crippen LogP contribution in [0.4, 0.5) is 5.69 Å². The van der Waals surface area contributed by atoms with Gasteiger partial charge in [-0.25, -0.2) is 0 Å². The van der Waals surface area contributed by atoms with Gasteiger partial charge in [-0.15, -0.1) is 0 Å². The zero-order valence-corrected chi connectivity index (χ0v) is 11.9. The maximum atomic E-state index is 12.0. The number of primary amides is 1. The molecule has 110 valence electrons. The van der Waals surface area contributed by atoms with Crippen LogP contribution in [0, 0.1) is 0 Å². The van der Waals surface area contributed by atoms with Crippen LogP contribution in [0.1, 0.15) is 19.4 Å². The van der Waals surface area contributed by atoms with Crippen LogP contribution in [0.25, 0.3) is 0 Å². The Bertz CT molecular complexity index is 474. The molecule has 0 unspecified atom stereocenters. The summed E-state index contributed by atoms with van der Waals surface area (Å²) in [6.07, 6.45) is 0. The van der Waals surface area contributed by atoms with E-state index in [-0.39, 0.29) is 25.0 Å². The minimum atomic E-state index is -0.448. The van der Waals surface area contributed by atoms with Crippen LogP contribution >= 0.6 is 0 Å². The SMILES string of the molecule is CC(C)N(CC(N)=O)CC(=O)Nc1cccc(CN)c1. The number of hydrogen-bond acceptors (Lipinski definition) is 4. The summed E-state index contributed by atoms with van der Waals surface area (Å²) in [5.74, 6) is -0.634. The standard InChI is InChI=1S/C14H22N4O2/c1-10(2)18(8-13(16)19)9-14(20)17-12-5-3-4-11(6-12)7-15/h3-6,10H,7-9,15H2,1-2H3,(H2,16,19)(H,17,20). The van der Waals surface area contributed by atoms with Crippen LogP contribution in [0.5, 0.6) is 0 Å². The first kappa shape index (κ1) is 16.1. The molecule has 0 fully saturated rings. The molecule has 0 saturated carbocycles. The Morgan fingerprint density at radius 1 is 1.30 bits per heavy atom. The molecule has 6 heteroatoms. The number of carbonyl (C=O) groups excluding carboxylic acids is 2. The van der Waals surface area contributed by atoms with E-state index < -0.39 is 5.91 Å². The van der Waals surface area contributed by atoms with Gasteiger partial charge in [-0.05, 0) is 31.5 Å². The molecule has 2 amide bonds.